The lowest BCUT2D eigenvalue weighted by Crippen LogP contribution is -2.21. The van der Waals surface area contributed by atoms with Gasteiger partial charge < -0.3 is 15.0 Å². The molecule has 2 N–H and O–H groups in total. The molecule has 0 aliphatic rings. The van der Waals surface area contributed by atoms with Crippen LogP contribution in [0.2, 0.25) is 0 Å². The second kappa shape index (κ2) is 5.07. The molecule has 2 aromatic heterocycles. The van der Waals surface area contributed by atoms with Crippen LogP contribution in [-0.2, 0) is 10.3 Å². The van der Waals surface area contributed by atoms with Gasteiger partial charge in [-0.2, -0.15) is 4.98 Å². The summed E-state index contributed by atoms with van der Waals surface area (Å²) in [6.45, 7) is 5.69. The Morgan fingerprint density at radius 3 is 2.74 bits per heavy atom. The largest absolute Gasteiger partial charge is 0.373 e. The number of pyridine rings is 1. The van der Waals surface area contributed by atoms with Gasteiger partial charge in [0.2, 0.25) is 11.7 Å². The second-order valence-electron chi connectivity index (χ2n) is 4.89. The standard InChI is InChI=1S/C13H18N4O2/c1-8(14)12-16-11(17-19-12)9-5-6-15-10(7-9)13(2,3)18-4/h5-8H,14H2,1-4H3. The number of hydrogen-bond donors (Lipinski definition) is 1. The highest BCUT2D eigenvalue weighted by Gasteiger charge is 2.22. The van der Waals surface area contributed by atoms with Crippen LogP contribution in [0.25, 0.3) is 11.4 Å². The first-order valence-electron chi connectivity index (χ1n) is 6.05. The Balaban J connectivity index is 2.37. The zero-order chi connectivity index (χ0) is 14.0. The first-order valence-corrected chi connectivity index (χ1v) is 6.05. The van der Waals surface area contributed by atoms with Crippen molar-refractivity contribution in [2.24, 2.45) is 5.73 Å². The third-order valence-electron chi connectivity index (χ3n) is 2.98. The van der Waals surface area contributed by atoms with Crippen molar-refractivity contribution >= 4 is 0 Å². The lowest BCUT2D eigenvalue weighted by molar-refractivity contribution is 0.0155. The zero-order valence-electron chi connectivity index (χ0n) is 11.5. The fourth-order valence-corrected chi connectivity index (χ4v) is 1.54. The minimum atomic E-state index is -0.469. The van der Waals surface area contributed by atoms with E-state index in [1.807, 2.05) is 26.0 Å². The molecule has 0 aliphatic carbocycles. The molecule has 102 valence electrons. The summed E-state index contributed by atoms with van der Waals surface area (Å²) >= 11 is 0. The highest BCUT2D eigenvalue weighted by atomic mass is 16.5. The number of nitrogens with two attached hydrogens (primary N) is 1. The fourth-order valence-electron chi connectivity index (χ4n) is 1.54. The van der Waals surface area contributed by atoms with E-state index in [2.05, 4.69) is 15.1 Å². The van der Waals surface area contributed by atoms with Crippen LogP contribution in [0, 0.1) is 0 Å². The smallest absolute Gasteiger partial charge is 0.243 e. The maximum absolute atomic E-state index is 5.70. The van der Waals surface area contributed by atoms with Crippen LogP contribution in [0.5, 0.6) is 0 Å². The van der Waals surface area contributed by atoms with Crippen LogP contribution in [0.1, 0.15) is 38.4 Å². The van der Waals surface area contributed by atoms with Gasteiger partial charge in [0.1, 0.15) is 5.60 Å². The Morgan fingerprint density at radius 1 is 1.42 bits per heavy atom. The van der Waals surface area contributed by atoms with Crippen molar-refractivity contribution in [1.29, 1.82) is 0 Å². The lowest BCUT2D eigenvalue weighted by atomic mass is 10.0. The number of ether oxygens (including phenoxy) is 1. The average molecular weight is 262 g/mol. The van der Waals surface area contributed by atoms with Gasteiger partial charge in [-0.1, -0.05) is 5.16 Å². The van der Waals surface area contributed by atoms with Gasteiger partial charge in [-0.15, -0.1) is 0 Å². The van der Waals surface area contributed by atoms with Crippen molar-refractivity contribution in [2.75, 3.05) is 7.11 Å². The van der Waals surface area contributed by atoms with E-state index in [1.54, 1.807) is 20.2 Å². The predicted molar refractivity (Wildman–Crippen MR) is 70.2 cm³/mol. The maximum atomic E-state index is 5.70. The summed E-state index contributed by atoms with van der Waals surface area (Å²) in [5.41, 5.74) is 6.86. The Labute approximate surface area is 112 Å². The molecule has 1 atom stereocenters. The monoisotopic (exact) mass is 262 g/mol. The number of aromatic nitrogens is 3. The number of hydrogen-bond acceptors (Lipinski definition) is 6. The van der Waals surface area contributed by atoms with E-state index in [-0.39, 0.29) is 6.04 Å². The molecular weight excluding hydrogens is 244 g/mol. The summed E-state index contributed by atoms with van der Waals surface area (Å²) in [6, 6.07) is 3.43. The molecule has 0 aromatic carbocycles. The van der Waals surface area contributed by atoms with Gasteiger partial charge in [0.25, 0.3) is 0 Å². The SMILES string of the molecule is COC(C)(C)c1cc(-c2noc(C(C)N)n2)ccn1. The van der Waals surface area contributed by atoms with E-state index >= 15 is 0 Å². The van der Waals surface area contributed by atoms with Gasteiger partial charge in [0.15, 0.2) is 0 Å². The molecule has 2 heterocycles. The van der Waals surface area contributed by atoms with Crippen molar-refractivity contribution in [2.45, 2.75) is 32.4 Å². The molecule has 6 nitrogen and oxygen atoms in total. The van der Waals surface area contributed by atoms with Gasteiger partial charge >= 0.3 is 0 Å². The summed E-state index contributed by atoms with van der Waals surface area (Å²) in [5.74, 6) is 0.919. The van der Waals surface area contributed by atoms with Crippen LogP contribution < -0.4 is 5.73 Å². The molecule has 0 radical (unpaired) electrons. The molecule has 2 rings (SSSR count). The number of methoxy groups -OCH3 is 1. The third-order valence-corrected chi connectivity index (χ3v) is 2.98. The van der Waals surface area contributed by atoms with E-state index in [9.17, 15) is 0 Å². The molecule has 0 saturated carbocycles. The van der Waals surface area contributed by atoms with Gasteiger partial charge in [-0.25, -0.2) is 0 Å². The molecule has 0 amide bonds. The zero-order valence-corrected chi connectivity index (χ0v) is 11.5. The van der Waals surface area contributed by atoms with Crippen LogP contribution in [0.4, 0.5) is 0 Å². The number of rotatable bonds is 4. The van der Waals surface area contributed by atoms with Crippen LogP contribution in [0.15, 0.2) is 22.9 Å². The van der Waals surface area contributed by atoms with Crippen LogP contribution in [0.3, 0.4) is 0 Å². The van der Waals surface area contributed by atoms with E-state index < -0.39 is 5.60 Å². The summed E-state index contributed by atoms with van der Waals surface area (Å²) in [4.78, 5) is 8.57. The predicted octanol–water partition coefficient (Wildman–Crippen LogP) is 2.03. The summed E-state index contributed by atoms with van der Waals surface area (Å²) in [5, 5.41) is 3.92. The lowest BCUT2D eigenvalue weighted by Gasteiger charge is -2.22. The Bertz CT molecular complexity index is 563. The summed E-state index contributed by atoms with van der Waals surface area (Å²) < 4.78 is 10.5. The quantitative estimate of drug-likeness (QED) is 0.907. The normalized spacial score (nSPS) is 13.5. The molecule has 0 aliphatic heterocycles. The van der Waals surface area contributed by atoms with Crippen molar-refractivity contribution in [3.63, 3.8) is 0 Å². The van der Waals surface area contributed by atoms with Gasteiger partial charge in [-0.3, -0.25) is 4.98 Å². The van der Waals surface area contributed by atoms with Gasteiger partial charge in [0.05, 0.1) is 11.7 Å². The van der Waals surface area contributed by atoms with Crippen molar-refractivity contribution in [3.05, 3.63) is 29.9 Å². The second-order valence-corrected chi connectivity index (χ2v) is 4.89. The van der Waals surface area contributed by atoms with Gasteiger partial charge in [0, 0.05) is 18.9 Å². The molecule has 0 bridgehead atoms. The van der Waals surface area contributed by atoms with Crippen molar-refractivity contribution in [3.8, 4) is 11.4 Å². The average Bonchev–Trinajstić information content (AvgIpc) is 2.89. The van der Waals surface area contributed by atoms with E-state index in [0.717, 1.165) is 11.3 Å². The van der Waals surface area contributed by atoms with E-state index in [0.29, 0.717) is 11.7 Å². The van der Waals surface area contributed by atoms with Crippen molar-refractivity contribution in [1.82, 2.24) is 15.1 Å². The molecule has 2 aromatic rings. The molecule has 19 heavy (non-hydrogen) atoms. The Hall–Kier alpha value is -1.79. The molecule has 0 spiro atoms. The molecule has 6 heteroatoms. The third kappa shape index (κ3) is 2.80. The first-order chi connectivity index (χ1) is 8.94. The van der Waals surface area contributed by atoms with Crippen LogP contribution >= 0.6 is 0 Å². The molecular formula is C13H18N4O2. The maximum Gasteiger partial charge on any atom is 0.243 e. The molecule has 0 fully saturated rings. The number of nitrogens with zero attached hydrogens (tertiary/aromatic N) is 3. The minimum Gasteiger partial charge on any atom is -0.373 e. The van der Waals surface area contributed by atoms with Crippen LogP contribution in [-0.4, -0.2) is 22.2 Å². The van der Waals surface area contributed by atoms with E-state index in [4.69, 9.17) is 15.0 Å². The Morgan fingerprint density at radius 2 is 2.16 bits per heavy atom. The Kier molecular flexibility index (Phi) is 3.64. The summed E-state index contributed by atoms with van der Waals surface area (Å²) in [6.07, 6.45) is 1.70. The summed E-state index contributed by atoms with van der Waals surface area (Å²) in [7, 11) is 1.65. The topological polar surface area (TPSA) is 87.1 Å². The van der Waals surface area contributed by atoms with Crippen molar-refractivity contribution < 1.29 is 9.26 Å². The van der Waals surface area contributed by atoms with Gasteiger partial charge in [-0.05, 0) is 32.9 Å². The van der Waals surface area contributed by atoms with E-state index in [1.165, 1.54) is 0 Å². The highest BCUT2D eigenvalue weighted by molar-refractivity contribution is 5.54. The first kappa shape index (κ1) is 13.6. The highest BCUT2D eigenvalue weighted by Crippen LogP contribution is 2.25. The fraction of sp³-hybridized carbons (Fsp3) is 0.462. The molecule has 1 unspecified atom stereocenters. The minimum absolute atomic E-state index is 0.280. The molecule has 0 saturated heterocycles.